The van der Waals surface area contributed by atoms with Crippen LogP contribution in [0.4, 0.5) is 0 Å². The first kappa shape index (κ1) is 14.1. The number of carbonyl (C=O) groups excluding carboxylic acids is 1. The smallest absolute Gasteiger partial charge is 0.310 e. The maximum atomic E-state index is 12.1. The van der Waals surface area contributed by atoms with Crippen molar-refractivity contribution in [2.24, 2.45) is 17.3 Å². The third-order valence-electron chi connectivity index (χ3n) is 3.86. The zero-order chi connectivity index (χ0) is 14.0. The first-order valence-electron chi connectivity index (χ1n) is 6.50. The summed E-state index contributed by atoms with van der Waals surface area (Å²) < 4.78 is 5.39. The van der Waals surface area contributed by atoms with Crippen molar-refractivity contribution in [1.29, 1.82) is 0 Å². The van der Waals surface area contributed by atoms with Crippen LogP contribution in [-0.4, -0.2) is 5.97 Å². The van der Waals surface area contributed by atoms with Gasteiger partial charge >= 0.3 is 5.97 Å². The molecule has 1 aromatic rings. The fourth-order valence-corrected chi connectivity index (χ4v) is 2.65. The first-order valence-corrected chi connectivity index (χ1v) is 6.88. The van der Waals surface area contributed by atoms with E-state index in [-0.39, 0.29) is 17.3 Å². The summed E-state index contributed by atoms with van der Waals surface area (Å²) >= 11 is 5.81. The van der Waals surface area contributed by atoms with E-state index < -0.39 is 0 Å². The van der Waals surface area contributed by atoms with E-state index in [4.69, 9.17) is 16.3 Å². The Labute approximate surface area is 119 Å². The zero-order valence-electron chi connectivity index (χ0n) is 11.5. The van der Waals surface area contributed by atoms with Gasteiger partial charge in [-0.25, -0.2) is 0 Å². The fraction of sp³-hybridized carbons (Fsp3) is 0.438. The van der Waals surface area contributed by atoms with Gasteiger partial charge in [-0.15, -0.1) is 0 Å². The molecule has 2 rings (SSSR count). The summed E-state index contributed by atoms with van der Waals surface area (Å²) in [6, 6.07) is 7.34. The third-order valence-corrected chi connectivity index (χ3v) is 4.11. The zero-order valence-corrected chi connectivity index (χ0v) is 12.3. The van der Waals surface area contributed by atoms with Crippen molar-refractivity contribution in [1.82, 2.24) is 0 Å². The molecular weight excluding hydrogens is 260 g/mol. The van der Waals surface area contributed by atoms with Gasteiger partial charge in [-0.1, -0.05) is 49.7 Å². The number of hydrogen-bond donors (Lipinski definition) is 0. The second kappa shape index (κ2) is 5.38. The Bertz CT molecular complexity index is 488. The summed E-state index contributed by atoms with van der Waals surface area (Å²) in [5.74, 6) is 0.175. The number of esters is 1. The summed E-state index contributed by atoms with van der Waals surface area (Å²) in [5, 5.41) is 0.687. The Morgan fingerprint density at radius 1 is 1.37 bits per heavy atom. The fourth-order valence-electron chi connectivity index (χ4n) is 2.52. The van der Waals surface area contributed by atoms with E-state index in [0.29, 0.717) is 17.5 Å². The summed E-state index contributed by atoms with van der Waals surface area (Å²) in [5.41, 5.74) is 0.975. The number of rotatable bonds is 4. The molecule has 0 amide bonds. The molecule has 1 saturated carbocycles. The van der Waals surface area contributed by atoms with E-state index in [1.165, 1.54) is 0 Å². The van der Waals surface area contributed by atoms with Gasteiger partial charge in [0.05, 0.1) is 5.92 Å². The molecule has 0 saturated heterocycles. The van der Waals surface area contributed by atoms with Gasteiger partial charge in [0.1, 0.15) is 6.61 Å². The topological polar surface area (TPSA) is 26.3 Å². The van der Waals surface area contributed by atoms with Crippen LogP contribution >= 0.6 is 11.6 Å². The standard InChI is InChI=1S/C16H19ClO2/c1-4-5-13-14(16(13,2)3)15(18)19-10-11-6-8-12(17)9-7-11/h4-9,13-14H,10H2,1-3H3/b5-4-. The summed E-state index contributed by atoms with van der Waals surface area (Å²) in [6.07, 6.45) is 4.09. The van der Waals surface area contributed by atoms with Crippen molar-refractivity contribution >= 4 is 17.6 Å². The highest BCUT2D eigenvalue weighted by Crippen LogP contribution is 2.59. The van der Waals surface area contributed by atoms with Crippen LogP contribution in [-0.2, 0) is 16.1 Å². The van der Waals surface area contributed by atoms with Crippen LogP contribution in [0, 0.1) is 17.3 Å². The van der Waals surface area contributed by atoms with Crippen molar-refractivity contribution in [2.75, 3.05) is 0 Å². The van der Waals surface area contributed by atoms with Gasteiger partial charge < -0.3 is 4.74 Å². The lowest BCUT2D eigenvalue weighted by Crippen LogP contribution is -2.10. The van der Waals surface area contributed by atoms with Crippen molar-refractivity contribution in [3.8, 4) is 0 Å². The average Bonchev–Trinajstić information content (AvgIpc) is 2.91. The molecule has 0 N–H and O–H groups in total. The number of allylic oxidation sites excluding steroid dienone is 2. The lowest BCUT2D eigenvalue weighted by molar-refractivity contribution is -0.147. The highest BCUT2D eigenvalue weighted by molar-refractivity contribution is 6.30. The molecule has 0 bridgehead atoms. The molecule has 102 valence electrons. The maximum Gasteiger partial charge on any atom is 0.310 e. The largest absolute Gasteiger partial charge is 0.461 e. The van der Waals surface area contributed by atoms with Gasteiger partial charge in [-0.2, -0.15) is 0 Å². The number of halogens is 1. The molecule has 2 atom stereocenters. The van der Waals surface area contributed by atoms with Crippen LogP contribution < -0.4 is 0 Å². The second-order valence-corrected chi connectivity index (χ2v) is 6.02. The summed E-state index contributed by atoms with van der Waals surface area (Å²) in [4.78, 5) is 12.1. The first-order chi connectivity index (χ1) is 8.96. The second-order valence-electron chi connectivity index (χ2n) is 5.58. The third kappa shape index (κ3) is 3.01. The van der Waals surface area contributed by atoms with Crippen LogP contribution in [0.15, 0.2) is 36.4 Å². The van der Waals surface area contributed by atoms with Gasteiger partial charge in [0, 0.05) is 5.02 Å². The molecule has 1 aliphatic rings. The SMILES string of the molecule is C/C=C\C1C(C(=O)OCc2ccc(Cl)cc2)C1(C)C. The minimum Gasteiger partial charge on any atom is -0.461 e. The minimum absolute atomic E-state index is 0.0174. The van der Waals surface area contributed by atoms with E-state index in [1.54, 1.807) is 12.1 Å². The van der Waals surface area contributed by atoms with Crippen molar-refractivity contribution in [3.05, 3.63) is 47.0 Å². The molecule has 2 nitrogen and oxygen atoms in total. The number of hydrogen-bond acceptors (Lipinski definition) is 2. The van der Waals surface area contributed by atoms with Crippen LogP contribution in [0.1, 0.15) is 26.3 Å². The predicted molar refractivity (Wildman–Crippen MR) is 76.8 cm³/mol. The maximum absolute atomic E-state index is 12.1. The number of benzene rings is 1. The van der Waals surface area contributed by atoms with E-state index in [9.17, 15) is 4.79 Å². The Morgan fingerprint density at radius 2 is 2.00 bits per heavy atom. The minimum atomic E-state index is -0.108. The van der Waals surface area contributed by atoms with E-state index in [2.05, 4.69) is 19.9 Å². The van der Waals surface area contributed by atoms with Gasteiger partial charge in [-0.3, -0.25) is 4.79 Å². The lowest BCUT2D eigenvalue weighted by atomic mass is 10.1. The molecule has 3 heteroatoms. The van der Waals surface area contributed by atoms with Crippen molar-refractivity contribution in [2.45, 2.75) is 27.4 Å². The molecule has 0 spiro atoms. The quantitative estimate of drug-likeness (QED) is 0.608. The molecule has 19 heavy (non-hydrogen) atoms. The predicted octanol–water partition coefficient (Wildman–Crippen LogP) is 4.23. The molecule has 0 aromatic heterocycles. The van der Waals surface area contributed by atoms with Crippen LogP contribution in [0.5, 0.6) is 0 Å². The molecule has 1 aromatic carbocycles. The average molecular weight is 279 g/mol. The molecular formula is C16H19ClO2. The van der Waals surface area contributed by atoms with Gasteiger partial charge in [0.25, 0.3) is 0 Å². The van der Waals surface area contributed by atoms with E-state index >= 15 is 0 Å². The van der Waals surface area contributed by atoms with Crippen LogP contribution in [0.25, 0.3) is 0 Å². The highest BCUT2D eigenvalue weighted by Gasteiger charge is 2.61. The number of ether oxygens (including phenoxy) is 1. The molecule has 0 radical (unpaired) electrons. The van der Waals surface area contributed by atoms with E-state index in [0.717, 1.165) is 5.56 Å². The van der Waals surface area contributed by atoms with Crippen molar-refractivity contribution < 1.29 is 9.53 Å². The monoisotopic (exact) mass is 278 g/mol. The van der Waals surface area contributed by atoms with Gasteiger partial charge in [-0.05, 0) is 36.0 Å². The molecule has 2 unspecified atom stereocenters. The molecule has 0 heterocycles. The Morgan fingerprint density at radius 3 is 2.58 bits per heavy atom. The molecule has 0 aliphatic heterocycles. The Hall–Kier alpha value is -1.28. The van der Waals surface area contributed by atoms with Crippen LogP contribution in [0.2, 0.25) is 5.02 Å². The highest BCUT2D eigenvalue weighted by atomic mass is 35.5. The van der Waals surface area contributed by atoms with Gasteiger partial charge in [0.2, 0.25) is 0 Å². The Kier molecular flexibility index (Phi) is 4.00. The summed E-state index contributed by atoms with van der Waals surface area (Å²) in [6.45, 7) is 6.49. The van der Waals surface area contributed by atoms with Crippen LogP contribution in [0.3, 0.4) is 0 Å². The lowest BCUT2D eigenvalue weighted by Gasteiger charge is -2.06. The number of carbonyl (C=O) groups is 1. The van der Waals surface area contributed by atoms with Gasteiger partial charge in [0.15, 0.2) is 0 Å². The van der Waals surface area contributed by atoms with E-state index in [1.807, 2.05) is 25.1 Å². The Balaban J connectivity index is 1.91. The molecule has 1 fully saturated rings. The normalized spacial score (nSPS) is 24.4. The molecule has 1 aliphatic carbocycles. The van der Waals surface area contributed by atoms with Crippen molar-refractivity contribution in [3.63, 3.8) is 0 Å². The summed E-state index contributed by atoms with van der Waals surface area (Å²) in [7, 11) is 0.